The molecule has 1 rings (SSSR count). The molecular weight excluding hydrogens is 176 g/mol. The van der Waals surface area contributed by atoms with E-state index in [1.54, 1.807) is 6.08 Å². The molecule has 0 bridgehead atoms. The second-order valence-electron chi connectivity index (χ2n) is 4.54. The summed E-state index contributed by atoms with van der Waals surface area (Å²) < 4.78 is 4.77. The van der Waals surface area contributed by atoms with E-state index in [-0.39, 0.29) is 11.4 Å². The maximum Gasteiger partial charge on any atom is 0.334 e. The molecule has 0 aliphatic heterocycles. The summed E-state index contributed by atoms with van der Waals surface area (Å²) in [6.07, 6.45) is 4.61. The van der Waals surface area contributed by atoms with Gasteiger partial charge in [0.2, 0.25) is 0 Å². The van der Waals surface area contributed by atoms with Crippen molar-refractivity contribution >= 4 is 5.97 Å². The van der Waals surface area contributed by atoms with Crippen molar-refractivity contribution in [2.75, 3.05) is 7.11 Å². The molecular formula is C12H18O2. The van der Waals surface area contributed by atoms with Crippen LogP contribution >= 0.6 is 0 Å². The molecule has 0 unspecified atom stereocenters. The lowest BCUT2D eigenvalue weighted by molar-refractivity contribution is -0.136. The van der Waals surface area contributed by atoms with Crippen molar-refractivity contribution in [1.29, 1.82) is 0 Å². The summed E-state index contributed by atoms with van der Waals surface area (Å²) >= 11 is 0. The summed E-state index contributed by atoms with van der Waals surface area (Å²) in [5, 5.41) is 0. The maximum absolute atomic E-state index is 11.5. The van der Waals surface area contributed by atoms with Gasteiger partial charge in [-0.2, -0.15) is 0 Å². The minimum Gasteiger partial charge on any atom is -0.466 e. The highest BCUT2D eigenvalue weighted by Gasteiger charge is 2.29. The highest BCUT2D eigenvalue weighted by atomic mass is 16.5. The largest absolute Gasteiger partial charge is 0.466 e. The molecule has 0 aromatic heterocycles. The van der Waals surface area contributed by atoms with Gasteiger partial charge in [-0.1, -0.05) is 26.5 Å². The third-order valence-electron chi connectivity index (χ3n) is 2.79. The molecule has 0 atom stereocenters. The lowest BCUT2D eigenvalue weighted by atomic mass is 9.74. The molecule has 0 saturated heterocycles. The second-order valence-corrected chi connectivity index (χ2v) is 4.54. The molecule has 0 saturated carbocycles. The summed E-state index contributed by atoms with van der Waals surface area (Å²) in [6, 6.07) is 0. The van der Waals surface area contributed by atoms with Gasteiger partial charge in [0, 0.05) is 5.57 Å². The van der Waals surface area contributed by atoms with Crippen molar-refractivity contribution in [3.05, 3.63) is 23.8 Å². The number of ether oxygens (including phenoxy) is 1. The van der Waals surface area contributed by atoms with E-state index < -0.39 is 0 Å². The van der Waals surface area contributed by atoms with Crippen molar-refractivity contribution in [2.45, 2.75) is 33.1 Å². The van der Waals surface area contributed by atoms with Gasteiger partial charge in [0.05, 0.1) is 7.11 Å². The van der Waals surface area contributed by atoms with E-state index in [4.69, 9.17) is 4.74 Å². The first kappa shape index (κ1) is 11.0. The van der Waals surface area contributed by atoms with Crippen LogP contribution in [0, 0.1) is 5.41 Å². The van der Waals surface area contributed by atoms with E-state index in [0.717, 1.165) is 30.4 Å². The molecule has 0 aromatic carbocycles. The van der Waals surface area contributed by atoms with Crippen LogP contribution in [0.4, 0.5) is 0 Å². The van der Waals surface area contributed by atoms with Crippen LogP contribution in [0.2, 0.25) is 0 Å². The van der Waals surface area contributed by atoms with E-state index in [1.807, 2.05) is 0 Å². The minimum absolute atomic E-state index is 0.201. The number of methoxy groups -OCH3 is 1. The Morgan fingerprint density at radius 2 is 2.21 bits per heavy atom. The summed E-state index contributed by atoms with van der Waals surface area (Å²) in [5.41, 5.74) is 2.06. The fourth-order valence-electron chi connectivity index (χ4n) is 1.86. The van der Waals surface area contributed by atoms with Gasteiger partial charge in [0.15, 0.2) is 0 Å². The zero-order valence-electron chi connectivity index (χ0n) is 9.22. The van der Waals surface area contributed by atoms with Crippen LogP contribution in [0.1, 0.15) is 33.1 Å². The predicted molar refractivity (Wildman–Crippen MR) is 56.9 cm³/mol. The van der Waals surface area contributed by atoms with Crippen LogP contribution < -0.4 is 0 Å². The number of esters is 1. The Morgan fingerprint density at radius 3 is 2.71 bits per heavy atom. The number of hydrogen-bond donors (Lipinski definition) is 0. The number of hydrogen-bond acceptors (Lipinski definition) is 2. The van der Waals surface area contributed by atoms with Crippen LogP contribution in [-0.4, -0.2) is 13.1 Å². The number of rotatable bonds is 2. The normalized spacial score (nSPS) is 20.5. The van der Waals surface area contributed by atoms with Crippen molar-refractivity contribution < 1.29 is 9.53 Å². The van der Waals surface area contributed by atoms with E-state index in [1.165, 1.54) is 7.11 Å². The average Bonchev–Trinajstić information content (AvgIpc) is 2.15. The van der Waals surface area contributed by atoms with Gasteiger partial charge < -0.3 is 4.74 Å². The van der Waals surface area contributed by atoms with E-state index in [0.29, 0.717) is 0 Å². The minimum atomic E-state index is -0.201. The first-order valence-corrected chi connectivity index (χ1v) is 4.93. The Kier molecular flexibility index (Phi) is 3.14. The Balaban J connectivity index is 2.99. The second kappa shape index (κ2) is 3.99. The van der Waals surface area contributed by atoms with E-state index in [9.17, 15) is 4.79 Å². The van der Waals surface area contributed by atoms with Gasteiger partial charge in [-0.05, 0) is 30.3 Å². The smallest absolute Gasteiger partial charge is 0.334 e. The van der Waals surface area contributed by atoms with Gasteiger partial charge in [0.1, 0.15) is 0 Å². The van der Waals surface area contributed by atoms with E-state index in [2.05, 4.69) is 20.4 Å². The van der Waals surface area contributed by atoms with Crippen LogP contribution in [0.5, 0.6) is 0 Å². The van der Waals surface area contributed by atoms with Crippen LogP contribution in [0.25, 0.3) is 0 Å². The fourth-order valence-corrected chi connectivity index (χ4v) is 1.86. The van der Waals surface area contributed by atoms with Crippen LogP contribution in [0.15, 0.2) is 23.8 Å². The highest BCUT2D eigenvalue weighted by Crippen LogP contribution is 2.39. The molecule has 0 fully saturated rings. The monoisotopic (exact) mass is 194 g/mol. The summed E-state index contributed by atoms with van der Waals surface area (Å²) in [7, 11) is 1.43. The van der Waals surface area contributed by atoms with Crippen molar-refractivity contribution in [3.8, 4) is 0 Å². The number of carbonyl (C=O) groups excluding carboxylic acids is 1. The fraction of sp³-hybridized carbons (Fsp3) is 0.583. The van der Waals surface area contributed by atoms with Gasteiger partial charge in [0.25, 0.3) is 0 Å². The van der Waals surface area contributed by atoms with Gasteiger partial charge >= 0.3 is 5.97 Å². The molecule has 0 N–H and O–H groups in total. The molecule has 0 amide bonds. The molecule has 1 aliphatic rings. The third-order valence-corrected chi connectivity index (χ3v) is 2.79. The Labute approximate surface area is 85.6 Å². The standard InChI is InChI=1S/C12H18O2/c1-5-9-6-7-12(2,3)8-10(9)11(13)14-4/h5H,1,6-8H2,2-4H3. The molecule has 14 heavy (non-hydrogen) atoms. The maximum atomic E-state index is 11.5. The van der Waals surface area contributed by atoms with Crippen molar-refractivity contribution in [3.63, 3.8) is 0 Å². The quantitative estimate of drug-likeness (QED) is 0.632. The summed E-state index contributed by atoms with van der Waals surface area (Å²) in [5.74, 6) is -0.201. The zero-order chi connectivity index (χ0) is 10.8. The molecule has 2 nitrogen and oxygen atoms in total. The van der Waals surface area contributed by atoms with Crippen molar-refractivity contribution in [2.24, 2.45) is 5.41 Å². The SMILES string of the molecule is C=CC1=C(C(=O)OC)CC(C)(C)CC1. The lowest BCUT2D eigenvalue weighted by Crippen LogP contribution is -2.22. The average molecular weight is 194 g/mol. The molecule has 0 heterocycles. The first-order chi connectivity index (χ1) is 6.50. The van der Waals surface area contributed by atoms with Crippen LogP contribution in [0.3, 0.4) is 0 Å². The molecule has 0 spiro atoms. The molecule has 1 aliphatic carbocycles. The topological polar surface area (TPSA) is 26.3 Å². The molecule has 2 heteroatoms. The Bertz CT molecular complexity index is 285. The highest BCUT2D eigenvalue weighted by molar-refractivity contribution is 5.90. The molecule has 0 radical (unpaired) electrons. The summed E-state index contributed by atoms with van der Waals surface area (Å²) in [4.78, 5) is 11.5. The number of carbonyl (C=O) groups is 1. The van der Waals surface area contributed by atoms with Gasteiger partial charge in [-0.25, -0.2) is 4.79 Å². The van der Waals surface area contributed by atoms with Crippen LogP contribution in [-0.2, 0) is 9.53 Å². The zero-order valence-corrected chi connectivity index (χ0v) is 9.22. The predicted octanol–water partition coefficient (Wildman–Crippen LogP) is 2.85. The van der Waals surface area contributed by atoms with E-state index >= 15 is 0 Å². The number of allylic oxidation sites excluding steroid dienone is 2. The van der Waals surface area contributed by atoms with Gasteiger partial charge in [-0.15, -0.1) is 0 Å². The summed E-state index contributed by atoms with van der Waals surface area (Å²) in [6.45, 7) is 8.09. The molecule has 78 valence electrons. The first-order valence-electron chi connectivity index (χ1n) is 4.93. The van der Waals surface area contributed by atoms with Gasteiger partial charge in [-0.3, -0.25) is 0 Å². The Hall–Kier alpha value is -1.05. The Morgan fingerprint density at radius 1 is 1.57 bits per heavy atom. The lowest BCUT2D eigenvalue weighted by Gasteiger charge is -2.31. The van der Waals surface area contributed by atoms with Crippen molar-refractivity contribution in [1.82, 2.24) is 0 Å². The molecule has 0 aromatic rings. The third kappa shape index (κ3) is 2.25.